The predicted molar refractivity (Wildman–Crippen MR) is 108 cm³/mol. The molecule has 0 fully saturated rings. The summed E-state index contributed by atoms with van der Waals surface area (Å²) in [4.78, 5) is 15.8. The number of nitrogens with one attached hydrogen (secondary N) is 3. The van der Waals surface area contributed by atoms with Gasteiger partial charge in [0.25, 0.3) is 0 Å². The second kappa shape index (κ2) is 13.2. The normalized spacial score (nSPS) is 11.5. The van der Waals surface area contributed by atoms with Gasteiger partial charge in [0, 0.05) is 38.9 Å². The Morgan fingerprint density at radius 1 is 1.15 bits per heavy atom. The molecule has 0 heterocycles. The van der Waals surface area contributed by atoms with Gasteiger partial charge >= 0.3 is 0 Å². The molecule has 0 bridgehead atoms. The first kappa shape index (κ1) is 22.0. The second-order valence-corrected chi connectivity index (χ2v) is 6.64. The molecule has 3 N–H and O–H groups in total. The number of guanidine groups is 1. The summed E-state index contributed by atoms with van der Waals surface area (Å²) in [7, 11) is 1.75. The Bertz CT molecular complexity index is 541. The lowest BCUT2D eigenvalue weighted by Gasteiger charge is -2.13. The minimum absolute atomic E-state index is 0.0543. The first-order chi connectivity index (χ1) is 12.5. The molecule has 0 spiro atoms. The zero-order valence-electron chi connectivity index (χ0n) is 16.6. The predicted octanol–water partition coefficient (Wildman–Crippen LogP) is 3.15. The summed E-state index contributed by atoms with van der Waals surface area (Å²) in [5, 5.41) is 9.40. The molecule has 1 aromatic rings. The van der Waals surface area contributed by atoms with Crippen LogP contribution in [0.3, 0.4) is 0 Å². The highest BCUT2D eigenvalue weighted by molar-refractivity contribution is 5.90. The number of hydrogen-bond acceptors (Lipinski definition) is 3. The van der Waals surface area contributed by atoms with Crippen molar-refractivity contribution in [3.05, 3.63) is 29.8 Å². The van der Waals surface area contributed by atoms with Gasteiger partial charge in [-0.3, -0.25) is 9.79 Å². The van der Waals surface area contributed by atoms with Crippen molar-refractivity contribution in [2.45, 2.75) is 46.6 Å². The summed E-state index contributed by atoms with van der Waals surface area (Å²) >= 11 is 0. The van der Waals surface area contributed by atoms with Gasteiger partial charge in [0.15, 0.2) is 5.96 Å². The molecule has 0 unspecified atom stereocenters. The molecular weight excluding hydrogens is 328 g/mol. The molecule has 1 amide bonds. The number of rotatable bonds is 11. The summed E-state index contributed by atoms with van der Waals surface area (Å²) in [6.07, 6.45) is 2.48. The Kier molecular flexibility index (Phi) is 11.1. The number of nitrogens with zero attached hydrogens (tertiary/aromatic N) is 1. The van der Waals surface area contributed by atoms with Crippen molar-refractivity contribution in [1.29, 1.82) is 0 Å². The van der Waals surface area contributed by atoms with E-state index in [1.165, 1.54) is 0 Å². The zero-order valence-corrected chi connectivity index (χ0v) is 16.6. The molecule has 0 aliphatic rings. The van der Waals surface area contributed by atoms with Gasteiger partial charge in [-0.2, -0.15) is 0 Å². The zero-order chi connectivity index (χ0) is 19.2. The van der Waals surface area contributed by atoms with Gasteiger partial charge in [-0.05, 0) is 36.5 Å². The molecule has 0 atom stereocenters. The fourth-order valence-electron chi connectivity index (χ4n) is 2.23. The van der Waals surface area contributed by atoms with Crippen LogP contribution in [0.1, 0.15) is 45.6 Å². The number of carbonyl (C=O) groups is 1. The Labute approximate surface area is 157 Å². The Morgan fingerprint density at radius 3 is 2.50 bits per heavy atom. The molecule has 0 saturated heterocycles. The fraction of sp³-hybridized carbons (Fsp3) is 0.600. The fourth-order valence-corrected chi connectivity index (χ4v) is 2.23. The van der Waals surface area contributed by atoms with E-state index < -0.39 is 0 Å². The highest BCUT2D eigenvalue weighted by Crippen LogP contribution is 2.10. The minimum atomic E-state index is 0.0543. The third-order valence-corrected chi connectivity index (χ3v) is 3.78. The summed E-state index contributed by atoms with van der Waals surface area (Å²) in [6, 6.07) is 7.83. The summed E-state index contributed by atoms with van der Waals surface area (Å²) < 4.78 is 5.58. The summed E-state index contributed by atoms with van der Waals surface area (Å²) in [6.45, 7) is 9.23. The van der Waals surface area contributed by atoms with Crippen LogP contribution < -0.4 is 16.0 Å². The first-order valence-electron chi connectivity index (χ1n) is 9.46. The molecular formula is C20H34N4O2. The van der Waals surface area contributed by atoms with Gasteiger partial charge in [0.05, 0.1) is 6.61 Å². The van der Waals surface area contributed by atoms with E-state index in [-0.39, 0.29) is 5.91 Å². The highest BCUT2D eigenvalue weighted by Gasteiger charge is 2.02. The van der Waals surface area contributed by atoms with Crippen LogP contribution in [0.15, 0.2) is 29.3 Å². The van der Waals surface area contributed by atoms with Gasteiger partial charge in [-0.25, -0.2) is 0 Å². The van der Waals surface area contributed by atoms with Crippen molar-refractivity contribution < 1.29 is 9.53 Å². The van der Waals surface area contributed by atoms with Gasteiger partial charge in [-0.1, -0.05) is 32.9 Å². The van der Waals surface area contributed by atoms with E-state index in [1.54, 1.807) is 7.05 Å². The second-order valence-electron chi connectivity index (χ2n) is 6.64. The quantitative estimate of drug-likeness (QED) is 0.321. The summed E-state index contributed by atoms with van der Waals surface area (Å²) in [5.41, 5.74) is 1.95. The monoisotopic (exact) mass is 362 g/mol. The van der Waals surface area contributed by atoms with E-state index in [4.69, 9.17) is 4.74 Å². The molecule has 0 aliphatic carbocycles. The lowest BCUT2D eigenvalue weighted by molar-refractivity contribution is -0.116. The largest absolute Gasteiger partial charge is 0.380 e. The van der Waals surface area contributed by atoms with E-state index in [0.29, 0.717) is 25.5 Å². The average Bonchev–Trinajstić information content (AvgIpc) is 2.61. The van der Waals surface area contributed by atoms with E-state index in [1.807, 2.05) is 31.2 Å². The smallest absolute Gasteiger partial charge is 0.224 e. The van der Waals surface area contributed by atoms with E-state index >= 15 is 0 Å². The molecule has 0 aromatic heterocycles. The Hall–Kier alpha value is -2.08. The number of anilines is 1. The number of ether oxygens (including phenoxy) is 1. The van der Waals surface area contributed by atoms with Crippen LogP contribution in [-0.2, 0) is 16.1 Å². The highest BCUT2D eigenvalue weighted by atomic mass is 16.5. The topological polar surface area (TPSA) is 74.8 Å². The van der Waals surface area contributed by atoms with Crippen LogP contribution in [0, 0.1) is 5.92 Å². The van der Waals surface area contributed by atoms with Crippen molar-refractivity contribution in [3.63, 3.8) is 0 Å². The van der Waals surface area contributed by atoms with Gasteiger partial charge in [0.2, 0.25) is 5.91 Å². The van der Waals surface area contributed by atoms with Crippen molar-refractivity contribution >= 4 is 17.6 Å². The Morgan fingerprint density at radius 2 is 1.88 bits per heavy atom. The van der Waals surface area contributed by atoms with Gasteiger partial charge in [-0.15, -0.1) is 0 Å². The van der Waals surface area contributed by atoms with Crippen LogP contribution in [0.2, 0.25) is 0 Å². The molecule has 146 valence electrons. The van der Waals surface area contributed by atoms with E-state index in [2.05, 4.69) is 34.8 Å². The third kappa shape index (κ3) is 10.0. The number of hydrogen-bond donors (Lipinski definition) is 3. The number of carbonyl (C=O) groups excluding carboxylic acids is 1. The average molecular weight is 363 g/mol. The van der Waals surface area contributed by atoms with Crippen molar-refractivity contribution in [1.82, 2.24) is 10.6 Å². The number of benzene rings is 1. The lowest BCUT2D eigenvalue weighted by atomic mass is 10.1. The van der Waals surface area contributed by atoms with Crippen LogP contribution in [0.5, 0.6) is 0 Å². The SMILES string of the molecule is CCCC(=O)Nc1ccc(CNC(=NC)NCCOCCC(C)C)cc1. The maximum Gasteiger partial charge on any atom is 0.224 e. The maximum atomic E-state index is 11.6. The molecule has 0 aliphatic heterocycles. The van der Waals surface area contributed by atoms with Gasteiger partial charge in [0.1, 0.15) is 0 Å². The van der Waals surface area contributed by atoms with Crippen LogP contribution >= 0.6 is 0 Å². The minimum Gasteiger partial charge on any atom is -0.380 e. The maximum absolute atomic E-state index is 11.6. The van der Waals surface area contributed by atoms with Crippen molar-refractivity contribution in [2.75, 3.05) is 32.1 Å². The molecule has 1 rings (SSSR count). The lowest BCUT2D eigenvalue weighted by Crippen LogP contribution is -2.38. The van der Waals surface area contributed by atoms with Crippen LogP contribution in [-0.4, -0.2) is 38.7 Å². The molecule has 6 heteroatoms. The van der Waals surface area contributed by atoms with Crippen LogP contribution in [0.25, 0.3) is 0 Å². The first-order valence-corrected chi connectivity index (χ1v) is 9.46. The molecule has 0 radical (unpaired) electrons. The number of amides is 1. The number of aliphatic imine (C=N–C) groups is 1. The van der Waals surface area contributed by atoms with Crippen LogP contribution in [0.4, 0.5) is 5.69 Å². The molecule has 26 heavy (non-hydrogen) atoms. The van der Waals surface area contributed by atoms with E-state index in [9.17, 15) is 4.79 Å². The molecule has 6 nitrogen and oxygen atoms in total. The van der Waals surface area contributed by atoms with Crippen molar-refractivity contribution in [2.24, 2.45) is 10.9 Å². The standard InChI is InChI=1S/C20H34N4O2/c1-5-6-19(25)24-18-9-7-17(8-10-18)15-23-20(21-4)22-12-14-26-13-11-16(2)3/h7-10,16H,5-6,11-15H2,1-4H3,(H,24,25)(H2,21,22,23). The molecule has 0 saturated carbocycles. The summed E-state index contributed by atoms with van der Waals surface area (Å²) in [5.74, 6) is 1.47. The Balaban J connectivity index is 2.27. The van der Waals surface area contributed by atoms with Crippen molar-refractivity contribution in [3.8, 4) is 0 Å². The van der Waals surface area contributed by atoms with E-state index in [0.717, 1.165) is 43.2 Å². The third-order valence-electron chi connectivity index (χ3n) is 3.78. The van der Waals surface area contributed by atoms with Gasteiger partial charge < -0.3 is 20.7 Å². The molecule has 1 aromatic carbocycles.